The van der Waals surface area contributed by atoms with E-state index in [1.807, 2.05) is 36.4 Å². The van der Waals surface area contributed by atoms with E-state index in [0.29, 0.717) is 24.3 Å². The van der Waals surface area contributed by atoms with Crippen molar-refractivity contribution in [1.29, 1.82) is 0 Å². The molecule has 29 heavy (non-hydrogen) atoms. The number of amides is 1. The molecule has 1 unspecified atom stereocenters. The normalized spacial score (nSPS) is 19.3. The molecule has 0 radical (unpaired) electrons. The van der Waals surface area contributed by atoms with E-state index in [1.54, 1.807) is 25.2 Å². The molecule has 0 aromatic heterocycles. The van der Waals surface area contributed by atoms with Gasteiger partial charge in [0.1, 0.15) is 11.5 Å². The number of ketones is 1. The number of rotatable bonds is 4. The summed E-state index contributed by atoms with van der Waals surface area (Å²) < 4.78 is 11.8. The van der Waals surface area contributed by atoms with Crippen LogP contribution in [0.2, 0.25) is 0 Å². The molecule has 1 aliphatic heterocycles. The second-order valence-electron chi connectivity index (χ2n) is 7.21. The van der Waals surface area contributed by atoms with E-state index in [2.05, 4.69) is 15.9 Å². The van der Waals surface area contributed by atoms with Gasteiger partial charge in [-0.2, -0.15) is 0 Å². The molecule has 2 aliphatic rings. The zero-order valence-electron chi connectivity index (χ0n) is 16.4. The minimum atomic E-state index is -0.308. The third kappa shape index (κ3) is 3.57. The Bertz CT molecular complexity index is 996. The minimum absolute atomic E-state index is 0.0105. The van der Waals surface area contributed by atoms with Crippen molar-refractivity contribution in [3.63, 3.8) is 0 Å². The quantitative estimate of drug-likeness (QED) is 0.651. The van der Waals surface area contributed by atoms with Crippen LogP contribution in [0.5, 0.6) is 11.5 Å². The Morgan fingerprint density at radius 1 is 1.00 bits per heavy atom. The molecule has 0 bridgehead atoms. The Hall–Kier alpha value is -2.60. The average molecular weight is 456 g/mol. The zero-order valence-corrected chi connectivity index (χ0v) is 18.0. The van der Waals surface area contributed by atoms with Crippen LogP contribution in [0.3, 0.4) is 0 Å². The maximum absolute atomic E-state index is 13.3. The third-order valence-corrected chi connectivity index (χ3v) is 6.10. The van der Waals surface area contributed by atoms with Gasteiger partial charge in [-0.15, -0.1) is 0 Å². The summed E-state index contributed by atoms with van der Waals surface area (Å²) in [5.74, 6) is 1.10. The Morgan fingerprint density at radius 3 is 2.45 bits per heavy atom. The second kappa shape index (κ2) is 8.03. The van der Waals surface area contributed by atoms with Crippen LogP contribution in [0.1, 0.15) is 37.2 Å². The van der Waals surface area contributed by atoms with Crippen LogP contribution in [0.15, 0.2) is 58.2 Å². The van der Waals surface area contributed by atoms with E-state index in [-0.39, 0.29) is 24.0 Å². The van der Waals surface area contributed by atoms with Gasteiger partial charge in [0.25, 0.3) is 0 Å². The first-order valence-corrected chi connectivity index (χ1v) is 10.4. The molecule has 0 saturated heterocycles. The van der Waals surface area contributed by atoms with Crippen LogP contribution in [0, 0.1) is 0 Å². The van der Waals surface area contributed by atoms with E-state index in [0.717, 1.165) is 33.4 Å². The molecule has 2 aromatic rings. The van der Waals surface area contributed by atoms with Crippen molar-refractivity contribution in [1.82, 2.24) is 0 Å². The van der Waals surface area contributed by atoms with Crippen molar-refractivity contribution < 1.29 is 19.1 Å². The summed E-state index contributed by atoms with van der Waals surface area (Å²) in [6, 6.07) is 13.2. The van der Waals surface area contributed by atoms with Gasteiger partial charge in [-0.3, -0.25) is 14.5 Å². The van der Waals surface area contributed by atoms with Gasteiger partial charge in [0, 0.05) is 51.8 Å². The lowest BCUT2D eigenvalue weighted by atomic mass is 9.77. The number of allylic oxidation sites excluding steroid dienone is 2. The molecule has 4 rings (SSSR count). The fourth-order valence-electron chi connectivity index (χ4n) is 4.25. The Kier molecular flexibility index (Phi) is 5.46. The Balaban J connectivity index is 1.85. The number of hydrogen-bond acceptors (Lipinski definition) is 4. The minimum Gasteiger partial charge on any atom is -0.497 e. The number of carbonyl (C=O) groups excluding carboxylic acids is 2. The number of ether oxygens (including phenoxy) is 2. The maximum atomic E-state index is 13.3. The highest BCUT2D eigenvalue weighted by atomic mass is 79.9. The molecule has 2 aromatic carbocycles. The first-order valence-electron chi connectivity index (χ1n) is 9.60. The van der Waals surface area contributed by atoms with Gasteiger partial charge in [0.15, 0.2) is 5.78 Å². The predicted molar refractivity (Wildman–Crippen MR) is 114 cm³/mol. The number of methoxy groups -OCH3 is 2. The fraction of sp³-hybridized carbons (Fsp3) is 0.304. The fourth-order valence-corrected chi connectivity index (χ4v) is 4.52. The van der Waals surface area contributed by atoms with Gasteiger partial charge in [0.05, 0.1) is 14.2 Å². The van der Waals surface area contributed by atoms with Crippen molar-refractivity contribution in [2.24, 2.45) is 0 Å². The van der Waals surface area contributed by atoms with Gasteiger partial charge >= 0.3 is 0 Å². The molecule has 5 nitrogen and oxygen atoms in total. The number of anilines is 1. The molecule has 1 atom stereocenters. The maximum Gasteiger partial charge on any atom is 0.232 e. The Morgan fingerprint density at radius 2 is 1.76 bits per heavy atom. The summed E-state index contributed by atoms with van der Waals surface area (Å²) in [6.07, 6.45) is 2.20. The summed E-state index contributed by atoms with van der Waals surface area (Å²) in [5, 5.41) is 0. The molecule has 0 saturated carbocycles. The number of hydrogen-bond donors (Lipinski definition) is 0. The molecule has 150 valence electrons. The number of Topliss-reactive ketones (excluding diaryl/α,β-unsaturated/α-hetero) is 1. The topological polar surface area (TPSA) is 55.8 Å². The summed E-state index contributed by atoms with van der Waals surface area (Å²) in [6.45, 7) is 0. The average Bonchev–Trinajstić information content (AvgIpc) is 2.73. The molecule has 0 N–H and O–H groups in total. The van der Waals surface area contributed by atoms with Crippen molar-refractivity contribution in [2.45, 2.75) is 31.6 Å². The second-order valence-corrected chi connectivity index (χ2v) is 8.12. The van der Waals surface area contributed by atoms with Gasteiger partial charge in [-0.05, 0) is 43.2 Å². The summed E-state index contributed by atoms with van der Waals surface area (Å²) >= 11 is 3.44. The van der Waals surface area contributed by atoms with E-state index >= 15 is 0 Å². The van der Waals surface area contributed by atoms with E-state index < -0.39 is 0 Å². The first kappa shape index (κ1) is 19.7. The third-order valence-electron chi connectivity index (χ3n) is 5.58. The number of nitrogens with zero attached hydrogens (tertiary/aromatic N) is 1. The smallest absolute Gasteiger partial charge is 0.232 e. The summed E-state index contributed by atoms with van der Waals surface area (Å²) in [7, 11) is 3.19. The molecule has 0 fully saturated rings. The highest BCUT2D eigenvalue weighted by molar-refractivity contribution is 9.10. The van der Waals surface area contributed by atoms with Crippen LogP contribution in [0.4, 0.5) is 5.69 Å². The molecule has 1 aliphatic carbocycles. The van der Waals surface area contributed by atoms with Crippen molar-refractivity contribution in [2.75, 3.05) is 19.1 Å². The molecule has 1 heterocycles. The lowest BCUT2D eigenvalue weighted by molar-refractivity contribution is -0.119. The van der Waals surface area contributed by atoms with Crippen molar-refractivity contribution in [3.05, 3.63) is 63.8 Å². The number of carbonyl (C=O) groups is 2. The van der Waals surface area contributed by atoms with Crippen LogP contribution in [-0.2, 0) is 9.59 Å². The van der Waals surface area contributed by atoms with Crippen molar-refractivity contribution in [3.8, 4) is 11.5 Å². The summed E-state index contributed by atoms with van der Waals surface area (Å²) in [5.41, 5.74) is 3.20. The van der Waals surface area contributed by atoms with Gasteiger partial charge in [-0.25, -0.2) is 0 Å². The lowest BCUT2D eigenvalue weighted by Gasteiger charge is -2.38. The van der Waals surface area contributed by atoms with E-state index in [9.17, 15) is 9.59 Å². The number of halogens is 1. The van der Waals surface area contributed by atoms with Gasteiger partial charge in [0.2, 0.25) is 5.91 Å². The van der Waals surface area contributed by atoms with Gasteiger partial charge in [-0.1, -0.05) is 22.0 Å². The molecule has 6 heteroatoms. The monoisotopic (exact) mass is 455 g/mol. The van der Waals surface area contributed by atoms with Crippen LogP contribution < -0.4 is 14.4 Å². The zero-order chi connectivity index (χ0) is 20.5. The van der Waals surface area contributed by atoms with Crippen LogP contribution in [0.25, 0.3) is 0 Å². The van der Waals surface area contributed by atoms with E-state index in [4.69, 9.17) is 9.47 Å². The van der Waals surface area contributed by atoms with Crippen molar-refractivity contribution >= 4 is 33.3 Å². The molecular weight excluding hydrogens is 434 g/mol. The molecule has 0 spiro atoms. The largest absolute Gasteiger partial charge is 0.497 e. The van der Waals surface area contributed by atoms with E-state index in [1.165, 1.54) is 0 Å². The predicted octanol–water partition coefficient (Wildman–Crippen LogP) is 4.99. The van der Waals surface area contributed by atoms with Crippen LogP contribution >= 0.6 is 15.9 Å². The van der Waals surface area contributed by atoms with Crippen LogP contribution in [-0.4, -0.2) is 25.9 Å². The first-order chi connectivity index (χ1) is 14.0. The standard InChI is InChI=1S/C23H22BrNO4/c1-28-16-10-11-17(21(12-16)29-2)18-13-22(27)25(15-8-6-14(24)7-9-15)19-4-3-5-20(26)23(18)19/h6-12,18H,3-5,13H2,1-2H3. The molecule has 1 amide bonds. The van der Waals surface area contributed by atoms with Gasteiger partial charge < -0.3 is 9.47 Å². The SMILES string of the molecule is COc1ccc(C2CC(=O)N(c3ccc(Br)cc3)C3=C2C(=O)CCC3)c(OC)c1. The highest BCUT2D eigenvalue weighted by Gasteiger charge is 2.40. The number of benzene rings is 2. The Labute approximate surface area is 178 Å². The highest BCUT2D eigenvalue weighted by Crippen LogP contribution is 2.46. The molecular formula is C23H22BrNO4. The lowest BCUT2D eigenvalue weighted by Crippen LogP contribution is -2.40. The summed E-state index contributed by atoms with van der Waals surface area (Å²) in [4.78, 5) is 28.0.